The molecule has 15 heavy (non-hydrogen) atoms. The van der Waals surface area contributed by atoms with Crippen LogP contribution in [0.1, 0.15) is 17.2 Å². The molecule has 1 atom stereocenters. The van der Waals surface area contributed by atoms with Crippen LogP contribution in [-0.2, 0) is 0 Å². The minimum atomic E-state index is -4.52. The first-order valence-electron chi connectivity index (χ1n) is 4.11. The molecule has 0 aliphatic heterocycles. The van der Waals surface area contributed by atoms with Crippen molar-refractivity contribution in [2.24, 2.45) is 5.73 Å². The van der Waals surface area contributed by atoms with E-state index in [9.17, 15) is 13.2 Å². The average molecular weight is 239 g/mol. The Labute approximate surface area is 90.0 Å². The van der Waals surface area contributed by atoms with Crippen LogP contribution in [-0.4, -0.2) is 6.18 Å². The third-order valence-corrected chi connectivity index (χ3v) is 2.29. The third-order valence-electron chi connectivity index (χ3n) is 2.07. The van der Waals surface area contributed by atoms with Crippen molar-refractivity contribution in [2.45, 2.75) is 19.1 Å². The van der Waals surface area contributed by atoms with Crippen molar-refractivity contribution in [3.05, 3.63) is 28.3 Å². The van der Waals surface area contributed by atoms with E-state index in [1.807, 2.05) is 0 Å². The first kappa shape index (κ1) is 12.1. The number of halogens is 4. The Bertz CT molecular complexity index is 376. The second-order valence-electron chi connectivity index (χ2n) is 3.24. The lowest BCUT2D eigenvalue weighted by Crippen LogP contribution is -2.29. The summed E-state index contributed by atoms with van der Waals surface area (Å²) in [5, 5.41) is 0.191. The Balaban J connectivity index is 3.25. The SMILES string of the molecule is Cc1cc(Cl)cc([C@@H](N)C(F)(F)F)c1N. The second-order valence-corrected chi connectivity index (χ2v) is 3.68. The fourth-order valence-electron chi connectivity index (χ4n) is 1.21. The van der Waals surface area contributed by atoms with Gasteiger partial charge in [0.25, 0.3) is 0 Å². The molecule has 0 heterocycles. The molecule has 84 valence electrons. The molecule has 0 fully saturated rings. The Hall–Kier alpha value is -0.940. The highest BCUT2D eigenvalue weighted by molar-refractivity contribution is 6.30. The van der Waals surface area contributed by atoms with Gasteiger partial charge in [0.05, 0.1) is 0 Å². The number of anilines is 1. The molecule has 0 unspecified atom stereocenters. The maximum Gasteiger partial charge on any atom is 0.407 e. The van der Waals surface area contributed by atoms with E-state index in [2.05, 4.69) is 0 Å². The largest absolute Gasteiger partial charge is 0.407 e. The lowest BCUT2D eigenvalue weighted by molar-refractivity contribution is -0.149. The fourth-order valence-corrected chi connectivity index (χ4v) is 1.50. The molecule has 0 aliphatic rings. The molecule has 0 saturated carbocycles. The fraction of sp³-hybridized carbons (Fsp3) is 0.333. The van der Waals surface area contributed by atoms with Crippen molar-refractivity contribution >= 4 is 17.3 Å². The van der Waals surface area contributed by atoms with Crippen LogP contribution in [0.4, 0.5) is 18.9 Å². The van der Waals surface area contributed by atoms with Crippen molar-refractivity contribution in [1.82, 2.24) is 0 Å². The number of hydrogen-bond acceptors (Lipinski definition) is 2. The van der Waals surface area contributed by atoms with E-state index in [0.29, 0.717) is 5.56 Å². The standard InChI is InChI=1S/C9H10ClF3N2/c1-4-2-5(10)3-6(7(4)14)8(15)9(11,12)13/h2-3,8H,14-15H2,1H3/t8-/m1/s1. The number of aryl methyl sites for hydroxylation is 1. The topological polar surface area (TPSA) is 52.0 Å². The number of alkyl halides is 3. The molecule has 0 bridgehead atoms. The van der Waals surface area contributed by atoms with Gasteiger partial charge in [0.1, 0.15) is 6.04 Å². The summed E-state index contributed by atoms with van der Waals surface area (Å²) < 4.78 is 37.1. The maximum atomic E-state index is 12.4. The number of hydrogen-bond donors (Lipinski definition) is 2. The zero-order valence-corrected chi connectivity index (χ0v) is 8.65. The molecule has 0 amide bonds. The van der Waals surface area contributed by atoms with Gasteiger partial charge in [-0.1, -0.05) is 11.6 Å². The first-order chi connectivity index (χ1) is 6.73. The quantitative estimate of drug-likeness (QED) is 0.739. The van der Waals surface area contributed by atoms with E-state index in [0.717, 1.165) is 6.07 Å². The Kier molecular flexibility index (Phi) is 3.16. The molecular formula is C9H10ClF3N2. The van der Waals surface area contributed by atoms with Crippen molar-refractivity contribution in [1.29, 1.82) is 0 Å². The normalized spacial score (nSPS) is 14.0. The monoisotopic (exact) mass is 238 g/mol. The third kappa shape index (κ3) is 2.54. The molecule has 0 aromatic heterocycles. The molecule has 1 aromatic rings. The molecule has 4 N–H and O–H groups in total. The lowest BCUT2D eigenvalue weighted by atomic mass is 10.0. The zero-order chi connectivity index (χ0) is 11.8. The summed E-state index contributed by atoms with van der Waals surface area (Å²) in [6.45, 7) is 1.58. The van der Waals surface area contributed by atoms with E-state index in [-0.39, 0.29) is 16.3 Å². The van der Waals surface area contributed by atoms with Crippen LogP contribution in [0.15, 0.2) is 12.1 Å². The molecule has 2 nitrogen and oxygen atoms in total. The van der Waals surface area contributed by atoms with Gasteiger partial charge in [-0.2, -0.15) is 13.2 Å². The van der Waals surface area contributed by atoms with Gasteiger partial charge in [0, 0.05) is 16.3 Å². The smallest absolute Gasteiger partial charge is 0.398 e. The number of rotatable bonds is 1. The summed E-state index contributed by atoms with van der Waals surface area (Å²) in [4.78, 5) is 0. The first-order valence-corrected chi connectivity index (χ1v) is 4.49. The van der Waals surface area contributed by atoms with Gasteiger partial charge in [0.15, 0.2) is 0 Å². The van der Waals surface area contributed by atoms with Crippen molar-refractivity contribution < 1.29 is 13.2 Å². The van der Waals surface area contributed by atoms with Gasteiger partial charge in [-0.15, -0.1) is 0 Å². The predicted octanol–water partition coefficient (Wildman–Crippen LogP) is 2.79. The van der Waals surface area contributed by atoms with E-state index in [1.54, 1.807) is 6.92 Å². The van der Waals surface area contributed by atoms with Crippen LogP contribution >= 0.6 is 11.6 Å². The van der Waals surface area contributed by atoms with E-state index >= 15 is 0 Å². The van der Waals surface area contributed by atoms with Crippen LogP contribution in [0.5, 0.6) is 0 Å². The molecule has 0 aliphatic carbocycles. The Morgan fingerprint density at radius 3 is 2.33 bits per heavy atom. The zero-order valence-electron chi connectivity index (χ0n) is 7.90. The summed E-state index contributed by atoms with van der Waals surface area (Å²) >= 11 is 5.64. The molecule has 0 radical (unpaired) electrons. The van der Waals surface area contributed by atoms with Gasteiger partial charge in [0.2, 0.25) is 0 Å². The summed E-state index contributed by atoms with van der Waals surface area (Å²) in [5.41, 5.74) is 10.9. The van der Waals surface area contributed by atoms with Crippen LogP contribution in [0.25, 0.3) is 0 Å². The highest BCUT2D eigenvalue weighted by atomic mass is 35.5. The molecule has 1 rings (SSSR count). The van der Waals surface area contributed by atoms with Gasteiger partial charge in [-0.25, -0.2) is 0 Å². The van der Waals surface area contributed by atoms with Gasteiger partial charge < -0.3 is 11.5 Å². The molecule has 1 aromatic carbocycles. The van der Waals surface area contributed by atoms with Crippen molar-refractivity contribution in [3.8, 4) is 0 Å². The van der Waals surface area contributed by atoms with E-state index in [4.69, 9.17) is 23.1 Å². The highest BCUT2D eigenvalue weighted by Crippen LogP contribution is 2.35. The van der Waals surface area contributed by atoms with Gasteiger partial charge >= 0.3 is 6.18 Å². The van der Waals surface area contributed by atoms with Crippen LogP contribution < -0.4 is 11.5 Å². The summed E-state index contributed by atoms with van der Waals surface area (Å²) in [7, 11) is 0. The summed E-state index contributed by atoms with van der Waals surface area (Å²) in [6.07, 6.45) is -4.52. The van der Waals surface area contributed by atoms with Crippen molar-refractivity contribution in [2.75, 3.05) is 5.73 Å². The highest BCUT2D eigenvalue weighted by Gasteiger charge is 2.39. The molecular weight excluding hydrogens is 229 g/mol. The predicted molar refractivity (Wildman–Crippen MR) is 53.6 cm³/mol. The maximum absolute atomic E-state index is 12.4. The van der Waals surface area contributed by atoms with Crippen molar-refractivity contribution in [3.63, 3.8) is 0 Å². The summed E-state index contributed by atoms with van der Waals surface area (Å²) in [5.74, 6) is 0. The molecule has 0 spiro atoms. The second kappa shape index (κ2) is 3.90. The van der Waals surface area contributed by atoms with Crippen LogP contribution in [0.3, 0.4) is 0 Å². The Morgan fingerprint density at radius 2 is 1.87 bits per heavy atom. The number of benzene rings is 1. The number of nitrogen functional groups attached to an aromatic ring is 1. The number of nitrogens with two attached hydrogens (primary N) is 2. The van der Waals surface area contributed by atoms with Gasteiger partial charge in [-0.05, 0) is 24.6 Å². The van der Waals surface area contributed by atoms with E-state index in [1.165, 1.54) is 6.07 Å². The average Bonchev–Trinajstić information content (AvgIpc) is 2.08. The van der Waals surface area contributed by atoms with Gasteiger partial charge in [-0.3, -0.25) is 0 Å². The molecule has 0 saturated heterocycles. The minimum absolute atomic E-state index is 0.0317. The van der Waals surface area contributed by atoms with Crippen LogP contribution in [0.2, 0.25) is 5.02 Å². The summed E-state index contributed by atoms with van der Waals surface area (Å²) in [6, 6.07) is 0.529. The molecule has 6 heteroatoms. The minimum Gasteiger partial charge on any atom is -0.398 e. The van der Waals surface area contributed by atoms with E-state index < -0.39 is 12.2 Å². The van der Waals surface area contributed by atoms with Crippen LogP contribution in [0, 0.1) is 6.92 Å². The Morgan fingerprint density at radius 1 is 1.33 bits per heavy atom. The lowest BCUT2D eigenvalue weighted by Gasteiger charge is -2.19.